The smallest absolute Gasteiger partial charge is 0.257 e. The lowest BCUT2D eigenvalue weighted by Gasteiger charge is -2.33. The third-order valence-electron chi connectivity index (χ3n) is 5.34. The minimum atomic E-state index is -0.119. The Bertz CT molecular complexity index is 855. The molecule has 1 aliphatic heterocycles. The summed E-state index contributed by atoms with van der Waals surface area (Å²) < 4.78 is 16.6. The van der Waals surface area contributed by atoms with Gasteiger partial charge in [0.2, 0.25) is 0 Å². The van der Waals surface area contributed by atoms with Crippen LogP contribution in [0.1, 0.15) is 18.4 Å². The van der Waals surface area contributed by atoms with Crippen LogP contribution in [-0.4, -0.2) is 50.8 Å². The Kier molecular flexibility index (Phi) is 8.79. The number of para-hydroxylation sites is 3. The third-order valence-corrected chi connectivity index (χ3v) is 5.34. The number of carbonyl (C=O) groups is 1. The molecule has 1 atom stereocenters. The van der Waals surface area contributed by atoms with Gasteiger partial charge in [0.25, 0.3) is 5.91 Å². The molecular formula is C25H32N2O4. The number of rotatable bonds is 11. The molecule has 31 heavy (non-hydrogen) atoms. The van der Waals surface area contributed by atoms with Gasteiger partial charge in [-0.05, 0) is 43.5 Å². The Morgan fingerprint density at radius 1 is 1.13 bits per heavy atom. The maximum Gasteiger partial charge on any atom is 0.257 e. The quantitative estimate of drug-likeness (QED) is 0.558. The lowest BCUT2D eigenvalue weighted by molar-refractivity contribution is -0.123. The summed E-state index contributed by atoms with van der Waals surface area (Å²) in [5, 5.41) is 3.02. The molecule has 1 aliphatic rings. The van der Waals surface area contributed by atoms with Crippen LogP contribution >= 0.6 is 0 Å². The second kappa shape index (κ2) is 12.0. The fourth-order valence-corrected chi connectivity index (χ4v) is 3.82. The minimum absolute atomic E-state index is 0.0230. The lowest BCUT2D eigenvalue weighted by Crippen LogP contribution is -2.41. The highest BCUT2D eigenvalue weighted by atomic mass is 16.5. The van der Waals surface area contributed by atoms with Crippen molar-refractivity contribution in [3.05, 3.63) is 66.7 Å². The number of nitrogens with zero attached hydrogens (tertiary/aromatic N) is 1. The predicted molar refractivity (Wildman–Crippen MR) is 122 cm³/mol. The van der Waals surface area contributed by atoms with E-state index in [9.17, 15) is 4.79 Å². The molecule has 6 nitrogen and oxygen atoms in total. The number of nitrogens with one attached hydrogen (secondary N) is 1. The number of amides is 1. The molecule has 1 unspecified atom stereocenters. The molecule has 166 valence electrons. The van der Waals surface area contributed by atoms with Crippen molar-refractivity contribution in [2.24, 2.45) is 5.92 Å². The molecular weight excluding hydrogens is 392 g/mol. The van der Waals surface area contributed by atoms with E-state index in [1.165, 1.54) is 5.56 Å². The van der Waals surface area contributed by atoms with Gasteiger partial charge in [-0.3, -0.25) is 9.69 Å². The van der Waals surface area contributed by atoms with E-state index in [0.717, 1.165) is 38.2 Å². The van der Waals surface area contributed by atoms with Crippen LogP contribution < -0.4 is 19.5 Å². The summed E-state index contributed by atoms with van der Waals surface area (Å²) >= 11 is 0. The Morgan fingerprint density at radius 3 is 2.65 bits per heavy atom. The Labute approximate surface area is 184 Å². The van der Waals surface area contributed by atoms with Crippen LogP contribution in [0.5, 0.6) is 17.2 Å². The maximum atomic E-state index is 12.3. The molecule has 0 spiro atoms. The van der Waals surface area contributed by atoms with Crippen molar-refractivity contribution in [2.45, 2.75) is 19.4 Å². The number of piperidine rings is 1. The van der Waals surface area contributed by atoms with Gasteiger partial charge in [0.1, 0.15) is 12.4 Å². The molecule has 0 saturated carbocycles. The third kappa shape index (κ3) is 7.03. The van der Waals surface area contributed by atoms with Crippen LogP contribution in [0.25, 0.3) is 0 Å². The monoisotopic (exact) mass is 424 g/mol. The zero-order valence-corrected chi connectivity index (χ0v) is 18.2. The average Bonchev–Trinajstić information content (AvgIpc) is 2.81. The molecule has 1 saturated heterocycles. The summed E-state index contributed by atoms with van der Waals surface area (Å²) in [7, 11) is 1.58. The van der Waals surface area contributed by atoms with E-state index in [0.29, 0.717) is 30.6 Å². The van der Waals surface area contributed by atoms with Crippen molar-refractivity contribution in [3.8, 4) is 17.2 Å². The standard InChI is InChI=1S/C25H32N2O4/c1-3-15-30-22-11-5-4-10-21(22)18-27-14-8-9-20(17-27)16-26-25(28)19-31-24-13-7-6-12-23(24)29-2/h3-7,10-13,20H,1,8-9,14-19H2,2H3,(H,26,28). The number of hydrogen-bond acceptors (Lipinski definition) is 5. The van der Waals surface area contributed by atoms with Crippen LogP contribution in [0.4, 0.5) is 0 Å². The summed E-state index contributed by atoms with van der Waals surface area (Å²) in [4.78, 5) is 14.7. The van der Waals surface area contributed by atoms with Crippen LogP contribution in [-0.2, 0) is 11.3 Å². The normalized spacial score (nSPS) is 16.4. The zero-order valence-electron chi connectivity index (χ0n) is 18.2. The highest BCUT2D eigenvalue weighted by molar-refractivity contribution is 5.77. The Hall–Kier alpha value is -2.99. The molecule has 1 amide bonds. The first-order valence-electron chi connectivity index (χ1n) is 10.8. The van der Waals surface area contributed by atoms with Gasteiger partial charge in [-0.1, -0.05) is 43.0 Å². The summed E-state index contributed by atoms with van der Waals surface area (Å²) in [6, 6.07) is 15.5. The van der Waals surface area contributed by atoms with E-state index in [4.69, 9.17) is 14.2 Å². The number of carbonyl (C=O) groups excluding carboxylic acids is 1. The highest BCUT2D eigenvalue weighted by Gasteiger charge is 2.21. The largest absolute Gasteiger partial charge is 0.493 e. The van der Waals surface area contributed by atoms with Crippen LogP contribution in [0, 0.1) is 5.92 Å². The average molecular weight is 425 g/mol. The van der Waals surface area contributed by atoms with Crippen molar-refractivity contribution in [2.75, 3.05) is 40.0 Å². The highest BCUT2D eigenvalue weighted by Crippen LogP contribution is 2.26. The van der Waals surface area contributed by atoms with E-state index in [2.05, 4.69) is 22.9 Å². The second-order valence-corrected chi connectivity index (χ2v) is 7.69. The molecule has 1 heterocycles. The fourth-order valence-electron chi connectivity index (χ4n) is 3.82. The van der Waals surface area contributed by atoms with Gasteiger partial charge in [0.15, 0.2) is 18.1 Å². The number of benzene rings is 2. The number of methoxy groups -OCH3 is 1. The first-order chi connectivity index (χ1) is 15.2. The summed E-state index contributed by atoms with van der Waals surface area (Å²) in [5.41, 5.74) is 1.18. The minimum Gasteiger partial charge on any atom is -0.493 e. The molecule has 1 fully saturated rings. The Morgan fingerprint density at radius 2 is 1.87 bits per heavy atom. The van der Waals surface area contributed by atoms with Crippen LogP contribution in [0.15, 0.2) is 61.2 Å². The molecule has 0 aliphatic carbocycles. The van der Waals surface area contributed by atoms with E-state index in [1.807, 2.05) is 36.4 Å². The number of hydrogen-bond donors (Lipinski definition) is 1. The summed E-state index contributed by atoms with van der Waals surface area (Å²) in [6.07, 6.45) is 3.99. The number of likely N-dealkylation sites (tertiary alicyclic amines) is 1. The first kappa shape index (κ1) is 22.7. The van der Waals surface area contributed by atoms with Gasteiger partial charge in [0.05, 0.1) is 7.11 Å². The molecule has 2 aromatic carbocycles. The van der Waals surface area contributed by atoms with E-state index in [-0.39, 0.29) is 12.5 Å². The van der Waals surface area contributed by atoms with Gasteiger partial charge >= 0.3 is 0 Å². The van der Waals surface area contributed by atoms with Gasteiger partial charge in [-0.2, -0.15) is 0 Å². The molecule has 0 aromatic heterocycles. The molecule has 3 rings (SSSR count). The van der Waals surface area contributed by atoms with E-state index in [1.54, 1.807) is 19.3 Å². The van der Waals surface area contributed by atoms with E-state index < -0.39 is 0 Å². The van der Waals surface area contributed by atoms with Gasteiger partial charge in [-0.25, -0.2) is 0 Å². The molecule has 6 heteroatoms. The number of ether oxygens (including phenoxy) is 3. The molecule has 0 bridgehead atoms. The van der Waals surface area contributed by atoms with Crippen molar-refractivity contribution in [1.29, 1.82) is 0 Å². The fraction of sp³-hybridized carbons (Fsp3) is 0.400. The Balaban J connectivity index is 1.44. The van der Waals surface area contributed by atoms with Crippen molar-refractivity contribution in [1.82, 2.24) is 10.2 Å². The van der Waals surface area contributed by atoms with Crippen molar-refractivity contribution >= 4 is 5.91 Å². The summed E-state index contributed by atoms with van der Waals surface area (Å²) in [6.45, 7) is 7.69. The maximum absolute atomic E-state index is 12.3. The van der Waals surface area contributed by atoms with Gasteiger partial charge < -0.3 is 19.5 Å². The van der Waals surface area contributed by atoms with Gasteiger partial charge in [0, 0.05) is 25.2 Å². The van der Waals surface area contributed by atoms with Crippen molar-refractivity contribution < 1.29 is 19.0 Å². The zero-order chi connectivity index (χ0) is 21.9. The van der Waals surface area contributed by atoms with Crippen molar-refractivity contribution in [3.63, 3.8) is 0 Å². The second-order valence-electron chi connectivity index (χ2n) is 7.69. The lowest BCUT2D eigenvalue weighted by atomic mass is 9.97. The topological polar surface area (TPSA) is 60.0 Å². The van der Waals surface area contributed by atoms with Crippen LogP contribution in [0.2, 0.25) is 0 Å². The van der Waals surface area contributed by atoms with E-state index >= 15 is 0 Å². The molecule has 2 aromatic rings. The van der Waals surface area contributed by atoms with Crippen LogP contribution in [0.3, 0.4) is 0 Å². The molecule has 0 radical (unpaired) electrons. The predicted octanol–water partition coefficient (Wildman–Crippen LogP) is 3.67. The molecule has 1 N–H and O–H groups in total. The first-order valence-corrected chi connectivity index (χ1v) is 10.8. The van der Waals surface area contributed by atoms with Gasteiger partial charge in [-0.15, -0.1) is 0 Å². The SMILES string of the molecule is C=CCOc1ccccc1CN1CCCC(CNC(=O)COc2ccccc2OC)C1. The summed E-state index contributed by atoms with van der Waals surface area (Å²) in [5.74, 6) is 2.40.